The zero-order chi connectivity index (χ0) is 12.2. The summed E-state index contributed by atoms with van der Waals surface area (Å²) in [6.07, 6.45) is 12.8. The van der Waals surface area contributed by atoms with Crippen LogP contribution in [0, 0.1) is 46.8 Å². The van der Waals surface area contributed by atoms with E-state index in [0.29, 0.717) is 0 Å². The lowest BCUT2D eigenvalue weighted by Gasteiger charge is -2.60. The van der Waals surface area contributed by atoms with Crippen molar-refractivity contribution in [2.24, 2.45) is 46.8 Å². The monoisotopic (exact) mass is 257 g/mol. The molecule has 5 saturated carbocycles. The number of hydrogen-bond donors (Lipinski definition) is 1. The number of rotatable bonds is 0. The Hall–Kier alpha value is -0.0400. The van der Waals surface area contributed by atoms with Gasteiger partial charge in [0.1, 0.15) is 0 Å². The van der Waals surface area contributed by atoms with Gasteiger partial charge in [-0.1, -0.05) is 12.8 Å². The molecule has 6 rings (SSSR count). The lowest BCUT2D eigenvalue weighted by atomic mass is 9.49. The molecule has 1 aliphatic heterocycles. The van der Waals surface area contributed by atoms with Gasteiger partial charge in [0.2, 0.25) is 0 Å². The van der Waals surface area contributed by atoms with Crippen LogP contribution in [0.15, 0.2) is 0 Å². The molecule has 1 N–H and O–H groups in total. The lowest BCUT2D eigenvalue weighted by Crippen LogP contribution is -2.64. The van der Waals surface area contributed by atoms with Crippen LogP contribution in [0.5, 0.6) is 0 Å². The van der Waals surface area contributed by atoms with E-state index in [4.69, 9.17) is 0 Å². The molecule has 7 bridgehead atoms. The molecular formula is C18H27N. The summed E-state index contributed by atoms with van der Waals surface area (Å²) in [5.74, 6) is 7.89. The lowest BCUT2D eigenvalue weighted by molar-refractivity contribution is -0.0895. The molecule has 104 valence electrons. The van der Waals surface area contributed by atoms with E-state index in [0.717, 1.165) is 47.0 Å². The predicted molar refractivity (Wildman–Crippen MR) is 75.6 cm³/mol. The Morgan fingerprint density at radius 3 is 2.84 bits per heavy atom. The minimum Gasteiger partial charge on any atom is -0.313 e. The first-order chi connectivity index (χ1) is 9.38. The SMILES string of the molecule is C1C[C@H]2CNC3[C@@H]4C[C@H]2[C@@]3(C1)[C@@H]1C[C@@H]2CC[C@H]4[C@H]1C2. The fourth-order valence-corrected chi connectivity index (χ4v) is 8.78. The van der Waals surface area contributed by atoms with Crippen molar-refractivity contribution in [3.63, 3.8) is 0 Å². The Kier molecular flexibility index (Phi) is 1.81. The van der Waals surface area contributed by atoms with Crippen LogP contribution in [0.3, 0.4) is 0 Å². The number of hydrogen-bond acceptors (Lipinski definition) is 1. The molecule has 6 aliphatic rings. The van der Waals surface area contributed by atoms with Crippen molar-refractivity contribution in [1.29, 1.82) is 0 Å². The second-order valence-electron chi connectivity index (χ2n) is 9.01. The first-order valence-corrected chi connectivity index (χ1v) is 9.11. The van der Waals surface area contributed by atoms with Crippen LogP contribution >= 0.6 is 0 Å². The number of piperidine rings is 1. The Labute approximate surface area is 116 Å². The van der Waals surface area contributed by atoms with Crippen LogP contribution in [-0.2, 0) is 0 Å². The maximum Gasteiger partial charge on any atom is 0.0160 e. The van der Waals surface area contributed by atoms with Crippen LogP contribution in [0.2, 0.25) is 0 Å². The minimum atomic E-state index is 0.798. The van der Waals surface area contributed by atoms with E-state index >= 15 is 0 Å². The van der Waals surface area contributed by atoms with E-state index < -0.39 is 0 Å². The Morgan fingerprint density at radius 1 is 0.842 bits per heavy atom. The third-order valence-corrected chi connectivity index (χ3v) is 8.99. The van der Waals surface area contributed by atoms with Crippen molar-refractivity contribution in [2.75, 3.05) is 6.54 Å². The third kappa shape index (κ3) is 1.02. The van der Waals surface area contributed by atoms with Gasteiger partial charge in [-0.2, -0.15) is 0 Å². The van der Waals surface area contributed by atoms with Crippen molar-refractivity contribution in [3.05, 3.63) is 0 Å². The van der Waals surface area contributed by atoms with Crippen LogP contribution in [0.4, 0.5) is 0 Å². The summed E-state index contributed by atoms with van der Waals surface area (Å²) in [6, 6.07) is 0.956. The largest absolute Gasteiger partial charge is 0.313 e. The third-order valence-electron chi connectivity index (χ3n) is 8.99. The van der Waals surface area contributed by atoms with Crippen molar-refractivity contribution in [3.8, 4) is 0 Å². The van der Waals surface area contributed by atoms with E-state index in [2.05, 4.69) is 5.32 Å². The van der Waals surface area contributed by atoms with E-state index in [1.807, 2.05) is 0 Å². The maximum atomic E-state index is 4.10. The van der Waals surface area contributed by atoms with Gasteiger partial charge in [0.25, 0.3) is 0 Å². The summed E-state index contributed by atoms with van der Waals surface area (Å²) >= 11 is 0. The van der Waals surface area contributed by atoms with Crippen molar-refractivity contribution < 1.29 is 0 Å². The Bertz CT molecular complexity index is 431. The average Bonchev–Trinajstić information content (AvgIpc) is 2.82. The first kappa shape index (κ1) is 10.7. The highest BCUT2D eigenvalue weighted by molar-refractivity contribution is 5.22. The van der Waals surface area contributed by atoms with Crippen molar-refractivity contribution in [2.45, 2.75) is 57.4 Å². The topological polar surface area (TPSA) is 12.0 Å². The summed E-state index contributed by atoms with van der Waals surface area (Å²) < 4.78 is 0. The van der Waals surface area contributed by atoms with Gasteiger partial charge in [-0.15, -0.1) is 0 Å². The highest BCUT2D eigenvalue weighted by Crippen LogP contribution is 2.74. The molecule has 1 heteroatoms. The fourth-order valence-electron chi connectivity index (χ4n) is 8.78. The van der Waals surface area contributed by atoms with E-state index in [1.54, 1.807) is 51.4 Å². The number of nitrogens with one attached hydrogen (secondary N) is 1. The van der Waals surface area contributed by atoms with E-state index in [-0.39, 0.29) is 0 Å². The zero-order valence-electron chi connectivity index (χ0n) is 12.0. The number of fused-ring (bicyclic) bond motifs is 2. The molecule has 0 radical (unpaired) electrons. The molecule has 0 amide bonds. The standard InChI is InChI=1S/C18H27N/c1-2-11-9-19-17-14-8-15(11)18(17,5-1)16-7-10-3-4-12(14)13(16)6-10/h10-17,19H,1-9H2/t10-,11+,12+,13-,14-,15-,16-,17?,18+/m1/s1. The smallest absolute Gasteiger partial charge is 0.0160 e. The molecule has 9 atom stereocenters. The molecule has 1 unspecified atom stereocenters. The van der Waals surface area contributed by atoms with Gasteiger partial charge in [-0.05, 0) is 91.9 Å². The highest BCUT2D eigenvalue weighted by Gasteiger charge is 2.71. The van der Waals surface area contributed by atoms with Gasteiger partial charge in [0, 0.05) is 6.04 Å². The Morgan fingerprint density at radius 2 is 1.84 bits per heavy atom. The van der Waals surface area contributed by atoms with Crippen LogP contribution in [0.25, 0.3) is 0 Å². The molecule has 6 fully saturated rings. The highest BCUT2D eigenvalue weighted by atomic mass is 15.0. The first-order valence-electron chi connectivity index (χ1n) is 9.11. The predicted octanol–water partition coefficient (Wildman–Crippen LogP) is 3.45. The second kappa shape index (κ2) is 3.24. The average molecular weight is 257 g/mol. The molecular weight excluding hydrogens is 230 g/mol. The molecule has 5 aliphatic carbocycles. The van der Waals surface area contributed by atoms with Crippen molar-refractivity contribution in [1.82, 2.24) is 5.32 Å². The minimum absolute atomic E-state index is 0.798. The molecule has 1 saturated heterocycles. The molecule has 1 heterocycles. The van der Waals surface area contributed by atoms with Crippen molar-refractivity contribution >= 4 is 0 Å². The van der Waals surface area contributed by atoms with Gasteiger partial charge in [0.15, 0.2) is 0 Å². The molecule has 19 heavy (non-hydrogen) atoms. The molecule has 1 nitrogen and oxygen atoms in total. The zero-order valence-corrected chi connectivity index (χ0v) is 12.0. The van der Waals surface area contributed by atoms with Gasteiger partial charge < -0.3 is 5.32 Å². The van der Waals surface area contributed by atoms with Gasteiger partial charge >= 0.3 is 0 Å². The maximum absolute atomic E-state index is 4.10. The second-order valence-corrected chi connectivity index (χ2v) is 9.01. The quantitative estimate of drug-likeness (QED) is 0.701. The summed E-state index contributed by atoms with van der Waals surface area (Å²) in [4.78, 5) is 0. The van der Waals surface area contributed by atoms with E-state index in [1.165, 1.54) is 12.5 Å². The van der Waals surface area contributed by atoms with Crippen LogP contribution in [0.1, 0.15) is 51.4 Å². The summed E-state index contributed by atoms with van der Waals surface area (Å²) in [6.45, 7) is 1.38. The normalized spacial score (nSPS) is 68.2. The van der Waals surface area contributed by atoms with Gasteiger partial charge in [-0.25, -0.2) is 0 Å². The van der Waals surface area contributed by atoms with E-state index in [9.17, 15) is 0 Å². The van der Waals surface area contributed by atoms with Gasteiger partial charge in [0.05, 0.1) is 0 Å². The summed E-state index contributed by atoms with van der Waals surface area (Å²) in [5.41, 5.74) is 0.798. The summed E-state index contributed by atoms with van der Waals surface area (Å²) in [5, 5.41) is 4.10. The summed E-state index contributed by atoms with van der Waals surface area (Å²) in [7, 11) is 0. The van der Waals surface area contributed by atoms with Crippen LogP contribution in [-0.4, -0.2) is 12.6 Å². The molecule has 0 aromatic rings. The molecule has 1 spiro atoms. The fraction of sp³-hybridized carbons (Fsp3) is 1.00. The van der Waals surface area contributed by atoms with Gasteiger partial charge in [-0.3, -0.25) is 0 Å². The van der Waals surface area contributed by atoms with Crippen LogP contribution < -0.4 is 5.32 Å². The molecule has 0 aromatic heterocycles. The Balaban J connectivity index is 1.56. The molecule has 0 aromatic carbocycles.